The SMILES string of the molecule is CC(=O)O.CCCCCCCN1CCCC1C. The highest BCUT2D eigenvalue weighted by Crippen LogP contribution is 2.17. The highest BCUT2D eigenvalue weighted by Gasteiger charge is 2.18. The Morgan fingerprint density at radius 2 is 1.88 bits per heavy atom. The van der Waals surface area contributed by atoms with Gasteiger partial charge in [-0.15, -0.1) is 0 Å². The molecule has 1 N–H and O–H groups in total. The van der Waals surface area contributed by atoms with Crippen LogP contribution in [0.5, 0.6) is 0 Å². The van der Waals surface area contributed by atoms with Crippen LogP contribution in [-0.2, 0) is 4.79 Å². The van der Waals surface area contributed by atoms with Gasteiger partial charge in [-0.1, -0.05) is 32.6 Å². The van der Waals surface area contributed by atoms with Crippen molar-refractivity contribution in [2.45, 2.75) is 71.8 Å². The number of aliphatic carboxylic acids is 1. The molecular formula is C14H29NO2. The Morgan fingerprint density at radius 3 is 2.35 bits per heavy atom. The molecule has 0 saturated carbocycles. The molecule has 1 unspecified atom stereocenters. The fourth-order valence-corrected chi connectivity index (χ4v) is 2.24. The van der Waals surface area contributed by atoms with Crippen LogP contribution in [0.25, 0.3) is 0 Å². The zero-order chi connectivity index (χ0) is 13.1. The Kier molecular flexibility index (Phi) is 10.2. The van der Waals surface area contributed by atoms with Gasteiger partial charge in [0.15, 0.2) is 0 Å². The number of carbonyl (C=O) groups is 1. The quantitative estimate of drug-likeness (QED) is 0.725. The van der Waals surface area contributed by atoms with Crippen LogP contribution in [0.4, 0.5) is 0 Å². The molecule has 0 aromatic carbocycles. The molecule has 3 nitrogen and oxygen atoms in total. The van der Waals surface area contributed by atoms with Crippen LogP contribution >= 0.6 is 0 Å². The van der Waals surface area contributed by atoms with Crippen LogP contribution in [0.1, 0.15) is 65.7 Å². The minimum Gasteiger partial charge on any atom is -0.481 e. The van der Waals surface area contributed by atoms with Crippen molar-refractivity contribution in [1.29, 1.82) is 0 Å². The molecule has 0 aromatic heterocycles. The van der Waals surface area contributed by atoms with Crippen LogP contribution in [0.2, 0.25) is 0 Å². The molecule has 0 bridgehead atoms. The summed E-state index contributed by atoms with van der Waals surface area (Å²) in [6.45, 7) is 8.45. The predicted octanol–water partition coefficient (Wildman–Crippen LogP) is 3.53. The highest BCUT2D eigenvalue weighted by molar-refractivity contribution is 5.62. The van der Waals surface area contributed by atoms with Gasteiger partial charge < -0.3 is 10.0 Å². The lowest BCUT2D eigenvalue weighted by Crippen LogP contribution is -2.27. The van der Waals surface area contributed by atoms with E-state index in [-0.39, 0.29) is 0 Å². The molecule has 1 heterocycles. The standard InChI is InChI=1S/C12H25N.C2H4O2/c1-3-4-5-6-7-10-13-11-8-9-12(13)2;1-2(3)4/h12H,3-11H2,1-2H3;1H3,(H,3,4). The van der Waals surface area contributed by atoms with Crippen molar-refractivity contribution in [3.8, 4) is 0 Å². The monoisotopic (exact) mass is 243 g/mol. The molecule has 102 valence electrons. The van der Waals surface area contributed by atoms with Crippen molar-refractivity contribution in [3.63, 3.8) is 0 Å². The summed E-state index contributed by atoms with van der Waals surface area (Å²) in [6.07, 6.45) is 9.95. The van der Waals surface area contributed by atoms with Crippen molar-refractivity contribution >= 4 is 5.97 Å². The molecular weight excluding hydrogens is 214 g/mol. The second-order valence-corrected chi connectivity index (χ2v) is 4.96. The van der Waals surface area contributed by atoms with Crippen molar-refractivity contribution in [3.05, 3.63) is 0 Å². The number of unbranched alkanes of at least 4 members (excludes halogenated alkanes) is 4. The van der Waals surface area contributed by atoms with Gasteiger partial charge in [-0.25, -0.2) is 0 Å². The third kappa shape index (κ3) is 10.3. The number of carboxylic acid groups (broad SMARTS) is 1. The normalized spacial score (nSPS) is 19.8. The molecule has 1 saturated heterocycles. The summed E-state index contributed by atoms with van der Waals surface area (Å²) in [5, 5.41) is 7.42. The number of rotatable bonds is 6. The molecule has 1 aliphatic heterocycles. The predicted molar refractivity (Wildman–Crippen MR) is 72.3 cm³/mol. The number of hydrogen-bond donors (Lipinski definition) is 1. The summed E-state index contributed by atoms with van der Waals surface area (Å²) < 4.78 is 0. The molecule has 0 radical (unpaired) electrons. The van der Waals surface area contributed by atoms with E-state index in [2.05, 4.69) is 18.7 Å². The summed E-state index contributed by atoms with van der Waals surface area (Å²) in [5.74, 6) is -0.833. The summed E-state index contributed by atoms with van der Waals surface area (Å²) in [4.78, 5) is 11.7. The van der Waals surface area contributed by atoms with Crippen LogP contribution in [0, 0.1) is 0 Å². The van der Waals surface area contributed by atoms with Gasteiger partial charge in [0.25, 0.3) is 5.97 Å². The lowest BCUT2D eigenvalue weighted by Gasteiger charge is -2.20. The van der Waals surface area contributed by atoms with E-state index in [1.807, 2.05) is 0 Å². The Bertz CT molecular complexity index is 191. The van der Waals surface area contributed by atoms with Crippen molar-refractivity contribution < 1.29 is 9.90 Å². The van der Waals surface area contributed by atoms with Gasteiger partial charge in [0, 0.05) is 13.0 Å². The molecule has 0 aliphatic carbocycles. The van der Waals surface area contributed by atoms with E-state index in [1.165, 1.54) is 58.0 Å². The average molecular weight is 243 g/mol. The van der Waals surface area contributed by atoms with E-state index in [4.69, 9.17) is 9.90 Å². The Hall–Kier alpha value is -0.570. The number of nitrogens with zero attached hydrogens (tertiary/aromatic N) is 1. The van der Waals surface area contributed by atoms with Gasteiger partial charge in [-0.3, -0.25) is 4.79 Å². The summed E-state index contributed by atoms with van der Waals surface area (Å²) in [6, 6.07) is 0.867. The smallest absolute Gasteiger partial charge is 0.300 e. The summed E-state index contributed by atoms with van der Waals surface area (Å²) in [5.41, 5.74) is 0. The lowest BCUT2D eigenvalue weighted by atomic mass is 10.1. The molecule has 1 atom stereocenters. The Balaban J connectivity index is 0.000000557. The first-order chi connectivity index (χ1) is 8.07. The highest BCUT2D eigenvalue weighted by atomic mass is 16.4. The van der Waals surface area contributed by atoms with E-state index >= 15 is 0 Å². The Morgan fingerprint density at radius 1 is 1.29 bits per heavy atom. The van der Waals surface area contributed by atoms with Gasteiger partial charge in [-0.05, 0) is 39.3 Å². The number of hydrogen-bond acceptors (Lipinski definition) is 2. The summed E-state index contributed by atoms with van der Waals surface area (Å²) in [7, 11) is 0. The van der Waals surface area contributed by atoms with Crippen molar-refractivity contribution in [2.24, 2.45) is 0 Å². The number of likely N-dealkylation sites (tertiary alicyclic amines) is 1. The van der Waals surface area contributed by atoms with E-state index in [1.54, 1.807) is 0 Å². The molecule has 1 fully saturated rings. The fourth-order valence-electron chi connectivity index (χ4n) is 2.24. The van der Waals surface area contributed by atoms with Crippen LogP contribution in [0.15, 0.2) is 0 Å². The Labute approximate surface area is 106 Å². The molecule has 17 heavy (non-hydrogen) atoms. The number of carboxylic acids is 1. The van der Waals surface area contributed by atoms with Crippen LogP contribution in [0.3, 0.4) is 0 Å². The minimum absolute atomic E-state index is 0.833. The maximum absolute atomic E-state index is 9.00. The fraction of sp³-hybridized carbons (Fsp3) is 0.929. The molecule has 0 aromatic rings. The molecule has 1 rings (SSSR count). The van der Waals surface area contributed by atoms with E-state index in [0.29, 0.717) is 0 Å². The topological polar surface area (TPSA) is 40.5 Å². The third-order valence-electron chi connectivity index (χ3n) is 3.24. The maximum Gasteiger partial charge on any atom is 0.300 e. The first kappa shape index (κ1) is 16.4. The molecule has 1 aliphatic rings. The van der Waals surface area contributed by atoms with Gasteiger partial charge in [0.1, 0.15) is 0 Å². The van der Waals surface area contributed by atoms with E-state index in [0.717, 1.165) is 13.0 Å². The molecule has 0 spiro atoms. The first-order valence-electron chi connectivity index (χ1n) is 7.01. The zero-order valence-electron chi connectivity index (χ0n) is 11.7. The largest absolute Gasteiger partial charge is 0.481 e. The van der Waals surface area contributed by atoms with Gasteiger partial charge in [-0.2, -0.15) is 0 Å². The molecule has 0 amide bonds. The van der Waals surface area contributed by atoms with Crippen LogP contribution in [-0.4, -0.2) is 35.1 Å². The molecule has 3 heteroatoms. The second-order valence-electron chi connectivity index (χ2n) is 4.96. The van der Waals surface area contributed by atoms with E-state index in [9.17, 15) is 0 Å². The van der Waals surface area contributed by atoms with Crippen molar-refractivity contribution in [2.75, 3.05) is 13.1 Å². The third-order valence-corrected chi connectivity index (χ3v) is 3.24. The van der Waals surface area contributed by atoms with Gasteiger partial charge in [0.05, 0.1) is 0 Å². The minimum atomic E-state index is -0.833. The first-order valence-corrected chi connectivity index (χ1v) is 7.01. The zero-order valence-corrected chi connectivity index (χ0v) is 11.7. The van der Waals surface area contributed by atoms with E-state index < -0.39 is 5.97 Å². The van der Waals surface area contributed by atoms with Crippen molar-refractivity contribution in [1.82, 2.24) is 4.90 Å². The second kappa shape index (κ2) is 10.6. The van der Waals surface area contributed by atoms with Crippen LogP contribution < -0.4 is 0 Å². The van der Waals surface area contributed by atoms with Gasteiger partial charge >= 0.3 is 0 Å². The van der Waals surface area contributed by atoms with Gasteiger partial charge in [0.2, 0.25) is 0 Å². The maximum atomic E-state index is 9.00. The average Bonchev–Trinajstić information content (AvgIpc) is 2.63. The summed E-state index contributed by atoms with van der Waals surface area (Å²) >= 11 is 0. The lowest BCUT2D eigenvalue weighted by molar-refractivity contribution is -0.134.